The Hall–Kier alpha value is -1.64. The lowest BCUT2D eigenvalue weighted by Gasteiger charge is -2.22. The molecule has 0 bridgehead atoms. The molecule has 0 aliphatic heterocycles. The minimum absolute atomic E-state index is 0.0462. The predicted molar refractivity (Wildman–Crippen MR) is 102 cm³/mol. The Morgan fingerprint density at radius 1 is 1.26 bits per heavy atom. The van der Waals surface area contributed by atoms with Crippen LogP contribution in [0.25, 0.3) is 0 Å². The smallest absolute Gasteiger partial charge is 0.340 e. The minimum atomic E-state index is -3.73. The average molecular weight is 417 g/mol. The number of hydrogen-bond donors (Lipinski definition) is 2. The highest BCUT2D eigenvalue weighted by atomic mass is 35.5. The molecule has 2 N–H and O–H groups in total. The van der Waals surface area contributed by atoms with E-state index in [4.69, 9.17) is 16.3 Å². The van der Waals surface area contributed by atoms with Gasteiger partial charge in [0.15, 0.2) is 6.10 Å². The van der Waals surface area contributed by atoms with Crippen LogP contribution in [0.2, 0.25) is 5.02 Å². The molecule has 1 aliphatic rings. The van der Waals surface area contributed by atoms with E-state index in [0.717, 1.165) is 18.9 Å². The summed E-state index contributed by atoms with van der Waals surface area (Å²) in [6.45, 7) is 2.04. The van der Waals surface area contributed by atoms with E-state index in [-0.39, 0.29) is 21.4 Å². The van der Waals surface area contributed by atoms with Crippen molar-refractivity contribution in [1.82, 2.24) is 10.0 Å². The summed E-state index contributed by atoms with van der Waals surface area (Å²) in [5, 5.41) is 2.86. The molecule has 1 fully saturated rings. The zero-order chi connectivity index (χ0) is 20.0. The highest BCUT2D eigenvalue weighted by Crippen LogP contribution is 2.23. The Morgan fingerprint density at radius 2 is 1.93 bits per heavy atom. The van der Waals surface area contributed by atoms with Gasteiger partial charge in [0.25, 0.3) is 5.91 Å². The van der Waals surface area contributed by atoms with Gasteiger partial charge in [-0.25, -0.2) is 17.9 Å². The molecular weight excluding hydrogens is 392 g/mol. The Balaban J connectivity index is 1.99. The monoisotopic (exact) mass is 416 g/mol. The lowest BCUT2D eigenvalue weighted by atomic mass is 9.89. The van der Waals surface area contributed by atoms with Crippen LogP contribution in [-0.4, -0.2) is 40.0 Å². The number of hydrogen-bond acceptors (Lipinski definition) is 5. The molecule has 0 spiro atoms. The summed E-state index contributed by atoms with van der Waals surface area (Å²) in [5.74, 6) is -0.777. The van der Waals surface area contributed by atoms with E-state index in [9.17, 15) is 18.0 Å². The summed E-state index contributed by atoms with van der Waals surface area (Å²) in [5.41, 5.74) is -0.111. The van der Waals surface area contributed by atoms with Crippen molar-refractivity contribution < 1.29 is 22.7 Å². The fraction of sp³-hybridized carbons (Fsp3) is 0.556. The molecule has 7 nitrogen and oxygen atoms in total. The quantitative estimate of drug-likeness (QED) is 0.665. The van der Waals surface area contributed by atoms with Crippen molar-refractivity contribution >= 4 is 33.5 Å². The molecule has 0 unspecified atom stereocenters. The van der Waals surface area contributed by atoms with Crippen LogP contribution in [0.1, 0.15) is 49.4 Å². The maximum absolute atomic E-state index is 12.4. The summed E-state index contributed by atoms with van der Waals surface area (Å²) in [4.78, 5) is 24.4. The first-order valence-corrected chi connectivity index (χ1v) is 10.8. The molecule has 2 rings (SSSR count). The third-order valence-electron chi connectivity index (χ3n) is 4.68. The Morgan fingerprint density at radius 3 is 2.56 bits per heavy atom. The van der Waals surface area contributed by atoms with Crippen LogP contribution in [0.3, 0.4) is 0 Å². The van der Waals surface area contributed by atoms with Gasteiger partial charge in [-0.3, -0.25) is 4.79 Å². The second-order valence-corrected chi connectivity index (χ2v) is 8.94. The zero-order valence-corrected chi connectivity index (χ0v) is 17.0. The van der Waals surface area contributed by atoms with Crippen LogP contribution >= 0.6 is 11.6 Å². The van der Waals surface area contributed by atoms with Crippen LogP contribution in [0.4, 0.5) is 0 Å². The fourth-order valence-corrected chi connectivity index (χ4v) is 3.95. The molecule has 1 aromatic carbocycles. The van der Waals surface area contributed by atoms with Crippen LogP contribution < -0.4 is 10.0 Å². The first kappa shape index (κ1) is 21.7. The summed E-state index contributed by atoms with van der Waals surface area (Å²) >= 11 is 5.99. The molecule has 1 aromatic rings. The number of esters is 1. The van der Waals surface area contributed by atoms with Crippen molar-refractivity contribution in [3.8, 4) is 0 Å². The van der Waals surface area contributed by atoms with Crippen molar-refractivity contribution in [1.29, 1.82) is 0 Å². The van der Waals surface area contributed by atoms with Crippen LogP contribution in [0.5, 0.6) is 0 Å². The van der Waals surface area contributed by atoms with Gasteiger partial charge in [0.1, 0.15) is 0 Å². The first-order valence-electron chi connectivity index (χ1n) is 8.96. The van der Waals surface area contributed by atoms with Gasteiger partial charge in [-0.1, -0.05) is 30.9 Å². The van der Waals surface area contributed by atoms with E-state index >= 15 is 0 Å². The fourth-order valence-electron chi connectivity index (χ4n) is 3.00. The van der Waals surface area contributed by atoms with E-state index in [1.807, 2.05) is 0 Å². The number of nitrogens with one attached hydrogen (secondary N) is 2. The number of ether oxygens (including phenoxy) is 1. The Kier molecular flexibility index (Phi) is 7.64. The van der Waals surface area contributed by atoms with Crippen molar-refractivity contribution in [3.63, 3.8) is 0 Å². The van der Waals surface area contributed by atoms with Crippen molar-refractivity contribution in [3.05, 3.63) is 28.8 Å². The minimum Gasteiger partial charge on any atom is -0.449 e. The van der Waals surface area contributed by atoms with Crippen molar-refractivity contribution in [2.24, 2.45) is 5.92 Å². The third kappa shape index (κ3) is 5.92. The molecule has 0 radical (unpaired) electrons. The molecule has 0 saturated heterocycles. The van der Waals surface area contributed by atoms with Gasteiger partial charge in [-0.05, 0) is 50.9 Å². The van der Waals surface area contributed by atoms with E-state index in [1.54, 1.807) is 0 Å². The van der Waals surface area contributed by atoms with E-state index in [2.05, 4.69) is 10.0 Å². The summed E-state index contributed by atoms with van der Waals surface area (Å²) in [6, 6.07) is 3.71. The summed E-state index contributed by atoms with van der Waals surface area (Å²) in [6.07, 6.45) is 4.77. The number of carbonyl (C=O) groups is 2. The molecule has 0 aromatic heterocycles. The number of carbonyl (C=O) groups excluding carboxylic acids is 2. The molecule has 9 heteroatoms. The number of halogens is 1. The lowest BCUT2D eigenvalue weighted by molar-refractivity contribution is -0.129. The first-order chi connectivity index (χ1) is 12.7. The van der Waals surface area contributed by atoms with E-state index < -0.39 is 22.1 Å². The maximum atomic E-state index is 12.4. The molecule has 1 saturated carbocycles. The third-order valence-corrected chi connectivity index (χ3v) is 6.42. The largest absolute Gasteiger partial charge is 0.449 e. The van der Waals surface area contributed by atoms with Crippen molar-refractivity contribution in [2.75, 3.05) is 13.6 Å². The van der Waals surface area contributed by atoms with Gasteiger partial charge in [0, 0.05) is 6.54 Å². The Labute approximate surface area is 164 Å². The number of benzene rings is 1. The molecule has 0 heterocycles. The lowest BCUT2D eigenvalue weighted by Crippen LogP contribution is -2.38. The van der Waals surface area contributed by atoms with Gasteiger partial charge in [0.2, 0.25) is 10.0 Å². The van der Waals surface area contributed by atoms with Gasteiger partial charge in [-0.15, -0.1) is 0 Å². The average Bonchev–Trinajstić information content (AvgIpc) is 2.66. The molecule has 1 atom stereocenters. The van der Waals surface area contributed by atoms with Gasteiger partial charge < -0.3 is 10.1 Å². The second-order valence-electron chi connectivity index (χ2n) is 6.65. The topological polar surface area (TPSA) is 102 Å². The van der Waals surface area contributed by atoms with Crippen molar-refractivity contribution in [2.45, 2.75) is 50.0 Å². The summed E-state index contributed by atoms with van der Waals surface area (Å²) < 4.78 is 31.1. The second kappa shape index (κ2) is 9.52. The highest BCUT2D eigenvalue weighted by Gasteiger charge is 2.23. The summed E-state index contributed by atoms with van der Waals surface area (Å²) in [7, 11) is -2.47. The normalized spacial score (nSPS) is 16.6. The standard InChI is InChI=1S/C18H25ClN2O5S/c1-12(17(22)21-11-13-6-4-3-5-7-13)26-18(23)15-10-14(8-9-16(15)19)27(24,25)20-2/h8-10,12-13,20H,3-7,11H2,1-2H3,(H,21,22)/t12-/m0/s1. The molecule has 1 aliphatic carbocycles. The number of sulfonamides is 1. The highest BCUT2D eigenvalue weighted by molar-refractivity contribution is 7.89. The maximum Gasteiger partial charge on any atom is 0.340 e. The zero-order valence-electron chi connectivity index (χ0n) is 15.5. The molecule has 150 valence electrons. The SMILES string of the molecule is CNS(=O)(=O)c1ccc(Cl)c(C(=O)O[C@@H](C)C(=O)NCC2CCCCC2)c1. The van der Waals surface area contributed by atoms with Gasteiger partial charge in [0.05, 0.1) is 15.5 Å². The van der Waals surface area contributed by atoms with Gasteiger partial charge in [-0.2, -0.15) is 0 Å². The number of rotatable bonds is 7. The number of amides is 1. The van der Waals surface area contributed by atoms with Crippen LogP contribution in [0, 0.1) is 5.92 Å². The molecule has 27 heavy (non-hydrogen) atoms. The predicted octanol–water partition coefficient (Wildman–Crippen LogP) is 2.49. The van der Waals surface area contributed by atoms with Crippen LogP contribution in [0.15, 0.2) is 23.1 Å². The molecule has 1 amide bonds. The Bertz CT molecular complexity index is 791. The van der Waals surface area contributed by atoms with E-state index in [1.165, 1.54) is 45.4 Å². The van der Waals surface area contributed by atoms with Crippen LogP contribution in [-0.2, 0) is 19.6 Å². The molecular formula is C18H25ClN2O5S. The van der Waals surface area contributed by atoms with Gasteiger partial charge >= 0.3 is 5.97 Å². The van der Waals surface area contributed by atoms with E-state index in [0.29, 0.717) is 12.5 Å².